The van der Waals surface area contributed by atoms with E-state index in [9.17, 15) is 21.6 Å². The number of benzene rings is 1. The average Bonchev–Trinajstić information content (AvgIpc) is 2.52. The van der Waals surface area contributed by atoms with Crippen LogP contribution in [0.1, 0.15) is 11.3 Å². The summed E-state index contributed by atoms with van der Waals surface area (Å²) in [6.45, 7) is 0.0866. The van der Waals surface area contributed by atoms with Crippen LogP contribution in [0.15, 0.2) is 47.5 Å². The van der Waals surface area contributed by atoms with Gasteiger partial charge in [0.05, 0.1) is 15.5 Å². The first-order valence-electron chi connectivity index (χ1n) is 6.85. The molecule has 1 aromatic heterocycles. The van der Waals surface area contributed by atoms with Crippen LogP contribution in [0.5, 0.6) is 0 Å². The Bertz CT molecular complexity index is 811. The van der Waals surface area contributed by atoms with Gasteiger partial charge in [0.1, 0.15) is 0 Å². The second-order valence-electron chi connectivity index (χ2n) is 5.04. The quantitative estimate of drug-likeness (QED) is 0.798. The van der Waals surface area contributed by atoms with Gasteiger partial charge >= 0.3 is 6.18 Å². The van der Waals surface area contributed by atoms with E-state index in [1.54, 1.807) is 24.4 Å². The molecule has 0 spiro atoms. The number of sulfonamides is 1. The van der Waals surface area contributed by atoms with Crippen molar-refractivity contribution in [2.45, 2.75) is 17.5 Å². The van der Waals surface area contributed by atoms with Gasteiger partial charge in [-0.15, -0.1) is 0 Å². The highest BCUT2D eigenvalue weighted by Crippen LogP contribution is 2.36. The van der Waals surface area contributed by atoms with Crippen LogP contribution in [0.2, 0.25) is 5.02 Å². The number of rotatable bonds is 5. The minimum absolute atomic E-state index is 0.0866. The molecule has 2 rings (SSSR count). The third-order valence-corrected chi connectivity index (χ3v) is 5.54. The molecule has 0 saturated carbocycles. The van der Waals surface area contributed by atoms with Gasteiger partial charge < -0.3 is 0 Å². The summed E-state index contributed by atoms with van der Waals surface area (Å²) < 4.78 is 64.5. The summed E-state index contributed by atoms with van der Waals surface area (Å²) >= 11 is 5.52. The Kier molecular flexibility index (Phi) is 5.52. The molecule has 9 heteroatoms. The van der Waals surface area contributed by atoms with Crippen molar-refractivity contribution in [3.8, 4) is 0 Å². The molecule has 1 heterocycles. The lowest BCUT2D eigenvalue weighted by molar-refractivity contribution is -0.137. The Balaban J connectivity index is 2.23. The number of hydrogen-bond donors (Lipinski definition) is 0. The maximum absolute atomic E-state index is 12.9. The van der Waals surface area contributed by atoms with Gasteiger partial charge in [-0.25, -0.2) is 12.7 Å². The van der Waals surface area contributed by atoms with Gasteiger partial charge in [-0.05, 0) is 30.3 Å². The number of pyridine rings is 1. The molecule has 1 aromatic carbocycles. The van der Waals surface area contributed by atoms with E-state index in [2.05, 4.69) is 4.98 Å². The van der Waals surface area contributed by atoms with Crippen LogP contribution < -0.4 is 0 Å². The highest BCUT2D eigenvalue weighted by molar-refractivity contribution is 7.89. The Hall–Kier alpha value is -1.64. The van der Waals surface area contributed by atoms with Crippen molar-refractivity contribution in [1.82, 2.24) is 9.29 Å². The lowest BCUT2D eigenvalue weighted by atomic mass is 10.2. The molecule has 0 unspecified atom stereocenters. The van der Waals surface area contributed by atoms with Crippen molar-refractivity contribution >= 4 is 21.6 Å². The van der Waals surface area contributed by atoms with Crippen LogP contribution in [0.25, 0.3) is 0 Å². The van der Waals surface area contributed by atoms with E-state index in [4.69, 9.17) is 11.6 Å². The molecule has 0 aliphatic heterocycles. The van der Waals surface area contributed by atoms with E-state index in [0.717, 1.165) is 16.4 Å². The summed E-state index contributed by atoms with van der Waals surface area (Å²) in [4.78, 5) is 3.62. The lowest BCUT2D eigenvalue weighted by Gasteiger charge is -2.18. The Morgan fingerprint density at radius 1 is 1.21 bits per heavy atom. The highest BCUT2D eigenvalue weighted by Gasteiger charge is 2.35. The third-order valence-electron chi connectivity index (χ3n) is 3.36. The van der Waals surface area contributed by atoms with Gasteiger partial charge in [0, 0.05) is 31.9 Å². The molecular weight excluding hydrogens is 365 g/mol. The van der Waals surface area contributed by atoms with Gasteiger partial charge in [-0.1, -0.05) is 17.7 Å². The first-order valence-corrected chi connectivity index (χ1v) is 8.67. The predicted octanol–water partition coefficient (Wildman–Crippen LogP) is 3.62. The zero-order chi connectivity index (χ0) is 18.0. The van der Waals surface area contributed by atoms with Gasteiger partial charge in [0.2, 0.25) is 10.0 Å². The number of hydrogen-bond acceptors (Lipinski definition) is 3. The molecule has 0 atom stereocenters. The van der Waals surface area contributed by atoms with Crippen LogP contribution >= 0.6 is 11.6 Å². The summed E-state index contributed by atoms with van der Waals surface area (Å²) in [5, 5.41) is -0.544. The predicted molar refractivity (Wildman–Crippen MR) is 84.2 cm³/mol. The normalized spacial score (nSPS) is 12.6. The topological polar surface area (TPSA) is 50.3 Å². The van der Waals surface area contributed by atoms with Crippen molar-refractivity contribution in [2.75, 3.05) is 13.6 Å². The molecule has 130 valence electrons. The van der Waals surface area contributed by atoms with Crippen LogP contribution in [-0.4, -0.2) is 31.3 Å². The van der Waals surface area contributed by atoms with Crippen molar-refractivity contribution in [3.05, 3.63) is 58.9 Å². The highest BCUT2D eigenvalue weighted by atomic mass is 35.5. The molecule has 4 nitrogen and oxygen atoms in total. The Morgan fingerprint density at radius 2 is 1.92 bits per heavy atom. The Morgan fingerprint density at radius 3 is 2.50 bits per heavy atom. The largest absolute Gasteiger partial charge is 0.417 e. The molecule has 0 bridgehead atoms. The van der Waals surface area contributed by atoms with Gasteiger partial charge in [-0.2, -0.15) is 13.2 Å². The minimum atomic E-state index is -4.73. The molecule has 0 fully saturated rings. The second-order valence-corrected chi connectivity index (χ2v) is 7.49. The zero-order valence-electron chi connectivity index (χ0n) is 12.6. The first kappa shape index (κ1) is 18.7. The van der Waals surface area contributed by atoms with Crippen molar-refractivity contribution in [2.24, 2.45) is 0 Å². The number of nitrogens with zero attached hydrogens (tertiary/aromatic N) is 2. The van der Waals surface area contributed by atoms with E-state index in [1.807, 2.05) is 0 Å². The summed E-state index contributed by atoms with van der Waals surface area (Å²) in [6.07, 6.45) is -2.80. The molecule has 2 aromatic rings. The van der Waals surface area contributed by atoms with Crippen LogP contribution in [0, 0.1) is 0 Å². The fourth-order valence-corrected chi connectivity index (χ4v) is 3.42. The van der Waals surface area contributed by atoms with E-state index in [0.29, 0.717) is 18.2 Å². The van der Waals surface area contributed by atoms with Crippen LogP contribution in [0.4, 0.5) is 13.2 Å². The van der Waals surface area contributed by atoms with E-state index in [-0.39, 0.29) is 6.54 Å². The van der Waals surface area contributed by atoms with Gasteiger partial charge in [0.25, 0.3) is 0 Å². The smallest absolute Gasteiger partial charge is 0.261 e. The number of likely N-dealkylation sites (N-methyl/N-ethyl adjacent to an activating group) is 1. The molecule has 0 aliphatic rings. The van der Waals surface area contributed by atoms with E-state index >= 15 is 0 Å². The Labute approximate surface area is 142 Å². The molecular formula is C15H14ClF3N2O2S. The van der Waals surface area contributed by atoms with Crippen LogP contribution in [0.3, 0.4) is 0 Å². The fourth-order valence-electron chi connectivity index (χ4n) is 2.00. The average molecular weight is 379 g/mol. The van der Waals surface area contributed by atoms with Gasteiger partial charge in [0.15, 0.2) is 0 Å². The standard InChI is InChI=1S/C15H14ClF3N2O2S/c1-21(9-7-11-4-2-3-8-20-11)24(22,23)12-5-6-14(16)13(10-12)15(17,18)19/h2-6,8,10H,7,9H2,1H3. The van der Waals surface area contributed by atoms with Crippen molar-refractivity contribution in [3.63, 3.8) is 0 Å². The van der Waals surface area contributed by atoms with Crippen molar-refractivity contribution in [1.29, 1.82) is 0 Å². The zero-order valence-corrected chi connectivity index (χ0v) is 14.2. The van der Waals surface area contributed by atoms with Crippen LogP contribution in [-0.2, 0) is 22.6 Å². The molecule has 0 aliphatic carbocycles. The number of halogens is 4. The van der Waals surface area contributed by atoms with E-state index < -0.39 is 31.7 Å². The molecule has 0 amide bonds. The lowest BCUT2D eigenvalue weighted by Crippen LogP contribution is -2.29. The monoisotopic (exact) mass is 378 g/mol. The maximum Gasteiger partial charge on any atom is 0.417 e. The SMILES string of the molecule is CN(CCc1ccccn1)S(=O)(=O)c1ccc(Cl)c(C(F)(F)F)c1. The van der Waals surface area contributed by atoms with Gasteiger partial charge in [-0.3, -0.25) is 4.98 Å². The first-order chi connectivity index (χ1) is 11.1. The molecule has 0 saturated heterocycles. The molecule has 24 heavy (non-hydrogen) atoms. The molecule has 0 radical (unpaired) electrons. The number of alkyl halides is 3. The summed E-state index contributed by atoms with van der Waals surface area (Å²) in [7, 11) is -2.76. The van der Waals surface area contributed by atoms with Crippen molar-refractivity contribution < 1.29 is 21.6 Å². The summed E-state index contributed by atoms with van der Waals surface area (Å²) in [6, 6.07) is 7.79. The third kappa shape index (κ3) is 4.25. The van der Waals surface area contributed by atoms with E-state index in [1.165, 1.54) is 7.05 Å². The second kappa shape index (κ2) is 7.08. The summed E-state index contributed by atoms with van der Waals surface area (Å²) in [5.41, 5.74) is -0.491. The summed E-state index contributed by atoms with van der Waals surface area (Å²) in [5.74, 6) is 0. The fraction of sp³-hybridized carbons (Fsp3) is 0.267. The maximum atomic E-state index is 12.9. The minimum Gasteiger partial charge on any atom is -0.261 e. The molecule has 0 N–H and O–H groups in total. The number of aromatic nitrogens is 1.